The molecule has 0 unspecified atom stereocenters. The van der Waals surface area contributed by atoms with E-state index < -0.39 is 5.97 Å². The minimum atomic E-state index is -0.426. The van der Waals surface area contributed by atoms with Crippen molar-refractivity contribution >= 4 is 33.4 Å². The molecule has 3 aromatic rings. The molecular weight excluding hydrogens is 364 g/mol. The number of aromatic nitrogens is 1. The van der Waals surface area contributed by atoms with Crippen molar-refractivity contribution in [2.75, 3.05) is 13.7 Å². The van der Waals surface area contributed by atoms with Gasteiger partial charge in [-0.2, -0.15) is 4.99 Å². The summed E-state index contributed by atoms with van der Waals surface area (Å²) < 4.78 is 13.1. The summed E-state index contributed by atoms with van der Waals surface area (Å²) in [6, 6.07) is 12.8. The number of aryl methyl sites for hydroxylation is 1. The quantitative estimate of drug-likeness (QED) is 0.633. The fraction of sp³-hybridized carbons (Fsp3) is 0.250. The molecule has 0 aliphatic carbocycles. The summed E-state index contributed by atoms with van der Waals surface area (Å²) in [6.07, 6.45) is 0. The largest absolute Gasteiger partial charge is 0.492 e. The molecule has 1 aromatic heterocycles. The molecule has 1 heterocycles. The lowest BCUT2D eigenvalue weighted by molar-refractivity contribution is -0.141. The van der Waals surface area contributed by atoms with Gasteiger partial charge in [-0.15, -0.1) is 0 Å². The minimum absolute atomic E-state index is 0.0550. The highest BCUT2D eigenvalue weighted by Gasteiger charge is 2.16. The van der Waals surface area contributed by atoms with E-state index >= 15 is 0 Å². The van der Waals surface area contributed by atoms with Crippen molar-refractivity contribution in [1.82, 2.24) is 4.57 Å². The zero-order valence-corrected chi connectivity index (χ0v) is 16.2. The Morgan fingerprint density at radius 2 is 1.89 bits per heavy atom. The maximum atomic E-state index is 12.6. The Kier molecular flexibility index (Phi) is 5.71. The predicted molar refractivity (Wildman–Crippen MR) is 104 cm³/mol. The van der Waals surface area contributed by atoms with E-state index in [1.54, 1.807) is 16.7 Å². The van der Waals surface area contributed by atoms with Gasteiger partial charge in [-0.1, -0.05) is 35.1 Å². The Morgan fingerprint density at radius 3 is 2.56 bits per heavy atom. The van der Waals surface area contributed by atoms with Gasteiger partial charge >= 0.3 is 5.97 Å². The average Bonchev–Trinajstić information content (AvgIpc) is 3.00. The summed E-state index contributed by atoms with van der Waals surface area (Å²) >= 11 is 1.33. The van der Waals surface area contributed by atoms with Crippen LogP contribution >= 0.6 is 11.3 Å². The van der Waals surface area contributed by atoms with Crippen molar-refractivity contribution in [3.8, 4) is 5.75 Å². The molecule has 140 valence electrons. The van der Waals surface area contributed by atoms with E-state index in [0.29, 0.717) is 22.7 Å². The smallest absolute Gasteiger partial charge is 0.325 e. The number of para-hydroxylation sites is 1. The Balaban J connectivity index is 2.17. The Labute approximate surface area is 160 Å². The lowest BCUT2D eigenvalue weighted by Gasteiger charge is -2.08. The Morgan fingerprint density at radius 1 is 1.15 bits per heavy atom. The molecule has 6 nitrogen and oxygen atoms in total. The number of methoxy groups -OCH3 is 1. The lowest BCUT2D eigenvalue weighted by Crippen LogP contribution is -2.22. The van der Waals surface area contributed by atoms with Gasteiger partial charge in [-0.05, 0) is 38.1 Å². The molecule has 7 heteroatoms. The number of hydrogen-bond acceptors (Lipinski definition) is 5. The first-order valence-electron chi connectivity index (χ1n) is 8.51. The second kappa shape index (κ2) is 8.18. The van der Waals surface area contributed by atoms with Crippen LogP contribution in [0.4, 0.5) is 0 Å². The number of hydrogen-bond donors (Lipinski definition) is 0. The van der Waals surface area contributed by atoms with Gasteiger partial charge in [0.1, 0.15) is 17.8 Å². The molecule has 0 aliphatic rings. The molecule has 0 spiro atoms. The number of carbonyl (C=O) groups excluding carboxylic acids is 2. The predicted octanol–water partition coefficient (Wildman–Crippen LogP) is 3.32. The number of nitrogens with zero attached hydrogens (tertiary/aromatic N) is 2. The fourth-order valence-corrected chi connectivity index (χ4v) is 3.69. The van der Waals surface area contributed by atoms with Gasteiger partial charge in [0.05, 0.1) is 18.4 Å². The summed E-state index contributed by atoms with van der Waals surface area (Å²) in [4.78, 5) is 29.2. The highest BCUT2D eigenvalue weighted by molar-refractivity contribution is 7.16. The highest BCUT2D eigenvalue weighted by atomic mass is 32.1. The van der Waals surface area contributed by atoms with Crippen molar-refractivity contribution in [2.24, 2.45) is 4.99 Å². The molecule has 0 N–H and O–H groups in total. The van der Waals surface area contributed by atoms with Crippen molar-refractivity contribution < 1.29 is 19.1 Å². The summed E-state index contributed by atoms with van der Waals surface area (Å²) in [5.41, 5.74) is 2.29. The van der Waals surface area contributed by atoms with E-state index in [0.717, 1.165) is 15.8 Å². The van der Waals surface area contributed by atoms with Gasteiger partial charge in [0.2, 0.25) is 0 Å². The van der Waals surface area contributed by atoms with Crippen LogP contribution in [0.1, 0.15) is 22.8 Å². The van der Waals surface area contributed by atoms with Gasteiger partial charge in [-0.25, -0.2) is 0 Å². The first-order chi connectivity index (χ1) is 13.0. The van der Waals surface area contributed by atoms with Crippen molar-refractivity contribution in [3.05, 3.63) is 58.4 Å². The molecule has 0 atom stereocenters. The second-order valence-electron chi connectivity index (χ2n) is 5.87. The maximum Gasteiger partial charge on any atom is 0.325 e. The topological polar surface area (TPSA) is 69.9 Å². The van der Waals surface area contributed by atoms with Gasteiger partial charge in [0, 0.05) is 5.56 Å². The van der Waals surface area contributed by atoms with Crippen LogP contribution in [0.2, 0.25) is 0 Å². The summed E-state index contributed by atoms with van der Waals surface area (Å²) in [5, 5.41) is 0. The van der Waals surface area contributed by atoms with Crippen molar-refractivity contribution in [2.45, 2.75) is 20.4 Å². The first kappa shape index (κ1) is 18.8. The molecule has 0 bridgehead atoms. The van der Waals surface area contributed by atoms with Crippen LogP contribution < -0.4 is 9.54 Å². The van der Waals surface area contributed by atoms with Crippen LogP contribution in [-0.4, -0.2) is 30.2 Å². The van der Waals surface area contributed by atoms with E-state index in [-0.39, 0.29) is 12.5 Å². The first-order valence-corrected chi connectivity index (χ1v) is 9.32. The van der Waals surface area contributed by atoms with E-state index in [4.69, 9.17) is 9.47 Å². The molecule has 3 rings (SSSR count). The van der Waals surface area contributed by atoms with Gasteiger partial charge in [0.25, 0.3) is 5.91 Å². The van der Waals surface area contributed by atoms with E-state index in [1.165, 1.54) is 18.4 Å². The minimum Gasteiger partial charge on any atom is -0.492 e. The molecule has 1 amide bonds. The van der Waals surface area contributed by atoms with Crippen LogP contribution in [0.3, 0.4) is 0 Å². The molecule has 0 radical (unpaired) electrons. The van der Waals surface area contributed by atoms with Crippen LogP contribution in [-0.2, 0) is 16.1 Å². The molecule has 0 saturated heterocycles. The van der Waals surface area contributed by atoms with Gasteiger partial charge in [0.15, 0.2) is 4.80 Å². The number of esters is 1. The van der Waals surface area contributed by atoms with Gasteiger partial charge in [-0.3, -0.25) is 9.59 Å². The molecule has 2 aromatic carbocycles. The van der Waals surface area contributed by atoms with E-state index in [9.17, 15) is 9.59 Å². The van der Waals surface area contributed by atoms with E-state index in [1.807, 2.05) is 44.2 Å². The molecule has 27 heavy (non-hydrogen) atoms. The van der Waals surface area contributed by atoms with Crippen molar-refractivity contribution in [1.29, 1.82) is 0 Å². The van der Waals surface area contributed by atoms with Crippen LogP contribution in [0.25, 0.3) is 10.2 Å². The SMILES string of the molecule is CCOc1cccc2sc(=NC(=O)c3ccc(C)cc3)n(CC(=O)OC)c12. The summed E-state index contributed by atoms with van der Waals surface area (Å²) in [6.45, 7) is 4.28. The third-order valence-corrected chi connectivity index (χ3v) is 5.02. The molecular formula is C20H20N2O4S. The number of rotatable bonds is 5. The maximum absolute atomic E-state index is 12.6. The van der Waals surface area contributed by atoms with Gasteiger partial charge < -0.3 is 14.0 Å². The second-order valence-corrected chi connectivity index (χ2v) is 6.87. The average molecular weight is 384 g/mol. The fourth-order valence-electron chi connectivity index (χ4n) is 2.64. The zero-order valence-electron chi connectivity index (χ0n) is 15.4. The third kappa shape index (κ3) is 4.09. The van der Waals surface area contributed by atoms with E-state index in [2.05, 4.69) is 4.99 Å². The Bertz CT molecular complexity index is 1050. The van der Waals surface area contributed by atoms with Crippen LogP contribution in [0.15, 0.2) is 47.5 Å². The monoisotopic (exact) mass is 384 g/mol. The van der Waals surface area contributed by atoms with Crippen molar-refractivity contribution in [3.63, 3.8) is 0 Å². The molecule has 0 aliphatic heterocycles. The zero-order chi connectivity index (χ0) is 19.4. The standard InChI is InChI=1S/C20H20N2O4S/c1-4-26-15-6-5-7-16-18(15)22(12-17(23)25-3)20(27-16)21-19(24)14-10-8-13(2)9-11-14/h5-11H,4,12H2,1-3H3. The van der Waals surface area contributed by atoms with Crippen LogP contribution in [0.5, 0.6) is 5.75 Å². The number of ether oxygens (including phenoxy) is 2. The number of benzene rings is 2. The number of carbonyl (C=O) groups is 2. The number of thiazole rings is 1. The summed E-state index contributed by atoms with van der Waals surface area (Å²) in [7, 11) is 1.33. The third-order valence-electron chi connectivity index (χ3n) is 3.97. The van der Waals surface area contributed by atoms with Crippen LogP contribution in [0, 0.1) is 6.92 Å². The molecule has 0 saturated carbocycles. The normalized spacial score (nSPS) is 11.6. The molecule has 0 fully saturated rings. The summed E-state index contributed by atoms with van der Waals surface area (Å²) in [5.74, 6) is -0.150. The number of amides is 1. The Hall–Kier alpha value is -2.93. The number of fused-ring (bicyclic) bond motifs is 1. The lowest BCUT2D eigenvalue weighted by atomic mass is 10.1. The highest BCUT2D eigenvalue weighted by Crippen LogP contribution is 2.27.